The third kappa shape index (κ3) is 3.95. The van der Waals surface area contributed by atoms with Gasteiger partial charge in [-0.25, -0.2) is 9.59 Å². The van der Waals surface area contributed by atoms with E-state index >= 15 is 0 Å². The zero-order chi connectivity index (χ0) is 20.4. The minimum Gasteiger partial charge on any atom is -0.479 e. The molecule has 0 fully saturated rings. The lowest BCUT2D eigenvalue weighted by Crippen LogP contribution is -2.35. The first-order valence-corrected chi connectivity index (χ1v) is 10.1. The number of rotatable bonds is 5. The highest BCUT2D eigenvalue weighted by Crippen LogP contribution is 2.44. The largest absolute Gasteiger partial charge is 0.479 e. The summed E-state index contributed by atoms with van der Waals surface area (Å²) in [5.41, 5.74) is 4.69. The Bertz CT molecular complexity index is 1020. The summed E-state index contributed by atoms with van der Waals surface area (Å²) in [5, 5.41) is 11.9. The van der Waals surface area contributed by atoms with Gasteiger partial charge in [-0.05, 0) is 57.0 Å². The van der Waals surface area contributed by atoms with Gasteiger partial charge in [0.15, 0.2) is 6.04 Å². The van der Waals surface area contributed by atoms with E-state index in [4.69, 9.17) is 4.74 Å². The molecular formula is C22H17IN2O4. The molecular weight excluding hydrogens is 483 g/mol. The van der Waals surface area contributed by atoms with Gasteiger partial charge >= 0.3 is 12.1 Å². The lowest BCUT2D eigenvalue weighted by atomic mass is 9.98. The molecule has 1 unspecified atom stereocenters. The number of carbonyl (C=O) groups excluding carboxylic acids is 1. The van der Waals surface area contributed by atoms with Crippen LogP contribution in [0.1, 0.15) is 28.8 Å². The van der Waals surface area contributed by atoms with Gasteiger partial charge in [0, 0.05) is 15.7 Å². The summed E-state index contributed by atoms with van der Waals surface area (Å²) in [4.78, 5) is 28.0. The summed E-state index contributed by atoms with van der Waals surface area (Å²) in [6.07, 6.45) is 0.755. The molecule has 1 aliphatic rings. The number of carbonyl (C=O) groups is 2. The van der Waals surface area contributed by atoms with Crippen LogP contribution in [0.2, 0.25) is 0 Å². The average molecular weight is 500 g/mol. The fourth-order valence-electron chi connectivity index (χ4n) is 3.58. The Morgan fingerprint density at radius 1 is 1.03 bits per heavy atom. The third-order valence-corrected chi connectivity index (χ3v) is 5.54. The summed E-state index contributed by atoms with van der Waals surface area (Å²) in [6.45, 7) is 0.117. The van der Waals surface area contributed by atoms with Crippen LogP contribution in [-0.2, 0) is 9.53 Å². The average Bonchev–Trinajstić information content (AvgIpc) is 3.05. The van der Waals surface area contributed by atoms with E-state index in [1.165, 1.54) is 0 Å². The number of hydrogen-bond donors (Lipinski definition) is 2. The molecule has 0 saturated carbocycles. The van der Waals surface area contributed by atoms with E-state index < -0.39 is 18.1 Å². The molecule has 7 heteroatoms. The molecule has 29 heavy (non-hydrogen) atoms. The number of carboxylic acids is 1. The van der Waals surface area contributed by atoms with Crippen LogP contribution in [0, 0.1) is 3.57 Å². The van der Waals surface area contributed by atoms with Gasteiger partial charge < -0.3 is 15.2 Å². The first-order chi connectivity index (χ1) is 14.0. The molecule has 1 aliphatic carbocycles. The molecule has 0 bridgehead atoms. The Kier molecular flexibility index (Phi) is 5.48. The van der Waals surface area contributed by atoms with E-state index in [0.717, 1.165) is 25.8 Å². The number of fused-ring (bicyclic) bond motifs is 3. The first kappa shape index (κ1) is 19.4. The molecule has 1 amide bonds. The van der Waals surface area contributed by atoms with Crippen molar-refractivity contribution < 1.29 is 19.4 Å². The number of nitrogens with one attached hydrogen (secondary N) is 1. The summed E-state index contributed by atoms with van der Waals surface area (Å²) < 4.78 is 6.29. The molecule has 0 radical (unpaired) electrons. The molecule has 4 rings (SSSR count). The van der Waals surface area contributed by atoms with Crippen LogP contribution in [-0.4, -0.2) is 28.8 Å². The number of ether oxygens (including phenoxy) is 1. The monoisotopic (exact) mass is 500 g/mol. The fraction of sp³-hybridized carbons (Fsp3) is 0.136. The maximum atomic E-state index is 12.4. The van der Waals surface area contributed by atoms with Gasteiger partial charge in [-0.2, -0.15) is 0 Å². The normalized spacial score (nSPS) is 13.3. The Hall–Kier alpha value is -2.94. The SMILES string of the molecule is O=C(NC(C(=O)O)c1ccc(I)cn1)OCC1c2ccccc2-c2ccccc21. The molecule has 1 aromatic heterocycles. The zero-order valence-electron chi connectivity index (χ0n) is 15.2. The molecule has 0 spiro atoms. The van der Waals surface area contributed by atoms with Crippen molar-refractivity contribution >= 4 is 34.7 Å². The van der Waals surface area contributed by atoms with Gasteiger partial charge in [-0.3, -0.25) is 4.98 Å². The van der Waals surface area contributed by atoms with Crippen LogP contribution in [0.25, 0.3) is 11.1 Å². The molecule has 0 saturated heterocycles. The quantitative estimate of drug-likeness (QED) is 0.509. The number of benzene rings is 2. The highest BCUT2D eigenvalue weighted by molar-refractivity contribution is 14.1. The lowest BCUT2D eigenvalue weighted by molar-refractivity contribution is -0.139. The smallest absolute Gasteiger partial charge is 0.408 e. The van der Waals surface area contributed by atoms with Crippen molar-refractivity contribution in [1.29, 1.82) is 0 Å². The second-order valence-corrected chi connectivity index (χ2v) is 7.89. The van der Waals surface area contributed by atoms with E-state index in [2.05, 4.69) is 45.0 Å². The lowest BCUT2D eigenvalue weighted by Gasteiger charge is -2.17. The Morgan fingerprint density at radius 2 is 1.66 bits per heavy atom. The number of aliphatic carboxylic acids is 1. The zero-order valence-corrected chi connectivity index (χ0v) is 17.4. The van der Waals surface area contributed by atoms with Crippen LogP contribution < -0.4 is 5.32 Å². The highest BCUT2D eigenvalue weighted by atomic mass is 127. The number of amides is 1. The molecule has 2 N–H and O–H groups in total. The van der Waals surface area contributed by atoms with Crippen molar-refractivity contribution in [2.24, 2.45) is 0 Å². The van der Waals surface area contributed by atoms with Crippen LogP contribution in [0.3, 0.4) is 0 Å². The van der Waals surface area contributed by atoms with Crippen LogP contribution >= 0.6 is 22.6 Å². The van der Waals surface area contributed by atoms with Crippen molar-refractivity contribution in [1.82, 2.24) is 10.3 Å². The molecule has 3 aromatic rings. The van der Waals surface area contributed by atoms with E-state index in [0.29, 0.717) is 0 Å². The number of carboxylic acid groups (broad SMARTS) is 1. The first-order valence-electron chi connectivity index (χ1n) is 9.00. The highest BCUT2D eigenvalue weighted by Gasteiger charge is 2.30. The van der Waals surface area contributed by atoms with Gasteiger partial charge in [0.25, 0.3) is 0 Å². The summed E-state index contributed by atoms with van der Waals surface area (Å²) in [6, 6.07) is 18.1. The molecule has 0 aliphatic heterocycles. The predicted octanol–water partition coefficient (Wildman–Crippen LogP) is 4.35. The number of nitrogens with zero attached hydrogens (tertiary/aromatic N) is 1. The number of pyridine rings is 1. The third-order valence-electron chi connectivity index (χ3n) is 4.90. The number of halogens is 1. The Morgan fingerprint density at radius 3 is 2.21 bits per heavy atom. The Balaban J connectivity index is 1.48. The summed E-state index contributed by atoms with van der Waals surface area (Å²) in [5.74, 6) is -1.29. The van der Waals surface area contributed by atoms with Gasteiger partial charge in [-0.15, -0.1) is 0 Å². The predicted molar refractivity (Wildman–Crippen MR) is 116 cm³/mol. The topological polar surface area (TPSA) is 88.5 Å². The van der Waals surface area contributed by atoms with Gasteiger partial charge in [0.2, 0.25) is 0 Å². The Labute approximate surface area is 181 Å². The molecule has 2 aromatic carbocycles. The van der Waals surface area contributed by atoms with Gasteiger partial charge in [0.1, 0.15) is 6.61 Å². The molecule has 146 valence electrons. The minimum absolute atomic E-state index is 0.0899. The van der Waals surface area contributed by atoms with Crippen molar-refractivity contribution in [3.05, 3.63) is 87.3 Å². The second kappa shape index (κ2) is 8.20. The maximum absolute atomic E-state index is 12.4. The van der Waals surface area contributed by atoms with Crippen molar-refractivity contribution in [3.8, 4) is 11.1 Å². The molecule has 6 nitrogen and oxygen atoms in total. The molecule has 1 atom stereocenters. The summed E-state index contributed by atoms with van der Waals surface area (Å²) in [7, 11) is 0. The van der Waals surface area contributed by atoms with E-state index in [1.807, 2.05) is 36.4 Å². The fourth-order valence-corrected chi connectivity index (χ4v) is 3.90. The number of alkyl carbamates (subject to hydrolysis) is 1. The summed E-state index contributed by atoms with van der Waals surface area (Å²) >= 11 is 2.08. The van der Waals surface area contributed by atoms with Crippen molar-refractivity contribution in [2.75, 3.05) is 6.61 Å². The van der Waals surface area contributed by atoms with Gasteiger partial charge in [0.05, 0.1) is 5.69 Å². The standard InChI is InChI=1S/C22H17IN2O4/c23-13-9-10-19(24-11-13)20(21(26)27)25-22(28)29-12-18-16-7-3-1-5-14(16)15-6-2-4-8-17(15)18/h1-11,18,20H,12H2,(H,25,28)(H,26,27). The van der Waals surface area contributed by atoms with E-state index in [9.17, 15) is 14.7 Å². The minimum atomic E-state index is -1.28. The second-order valence-electron chi connectivity index (χ2n) is 6.64. The maximum Gasteiger partial charge on any atom is 0.408 e. The van der Waals surface area contributed by atoms with Crippen molar-refractivity contribution in [2.45, 2.75) is 12.0 Å². The number of aromatic nitrogens is 1. The molecule has 1 heterocycles. The van der Waals surface area contributed by atoms with Crippen molar-refractivity contribution in [3.63, 3.8) is 0 Å². The van der Waals surface area contributed by atoms with E-state index in [1.54, 1.807) is 18.3 Å². The van der Waals surface area contributed by atoms with Crippen LogP contribution in [0.15, 0.2) is 66.9 Å². The van der Waals surface area contributed by atoms with Gasteiger partial charge in [-0.1, -0.05) is 48.5 Å². The van der Waals surface area contributed by atoms with Crippen LogP contribution in [0.4, 0.5) is 4.79 Å². The number of hydrogen-bond acceptors (Lipinski definition) is 4. The van der Waals surface area contributed by atoms with E-state index in [-0.39, 0.29) is 18.2 Å². The van der Waals surface area contributed by atoms with Crippen LogP contribution in [0.5, 0.6) is 0 Å².